The summed E-state index contributed by atoms with van der Waals surface area (Å²) < 4.78 is 28.1. The standard InChI is InChI=1S/C29H27ClN4O5/c1-35-11-13-37-26-16-21-23(17-27(26)38-14-12-36-2)32-18-33-29(21)34-20-8-9-24(22(30)15-20)39-25-7-3-5-19-6-4-10-31-28(19)25/h3-10,15-18H,11-14H2,1-2H3,(H,32,33,34). The Hall–Kier alpha value is -4.18. The lowest BCUT2D eigenvalue weighted by molar-refractivity contribution is 0.132. The van der Waals surface area contributed by atoms with Gasteiger partial charge in [0, 0.05) is 42.9 Å². The second kappa shape index (κ2) is 12.6. The van der Waals surface area contributed by atoms with Crippen LogP contribution >= 0.6 is 11.6 Å². The molecule has 2 aromatic heterocycles. The minimum atomic E-state index is 0.363. The van der Waals surface area contributed by atoms with E-state index >= 15 is 0 Å². The molecule has 0 aliphatic carbocycles. The van der Waals surface area contributed by atoms with Crippen LogP contribution < -0.4 is 19.5 Å². The second-order valence-electron chi connectivity index (χ2n) is 8.42. The average molecular weight is 547 g/mol. The van der Waals surface area contributed by atoms with Gasteiger partial charge in [-0.05, 0) is 36.4 Å². The van der Waals surface area contributed by atoms with Crippen molar-refractivity contribution in [3.8, 4) is 23.0 Å². The first-order chi connectivity index (χ1) is 19.2. The SMILES string of the molecule is COCCOc1cc2ncnc(Nc3ccc(Oc4cccc5cccnc45)c(Cl)c3)c2cc1OCCOC. The van der Waals surface area contributed by atoms with Gasteiger partial charge in [0.2, 0.25) is 0 Å². The van der Waals surface area contributed by atoms with Crippen molar-refractivity contribution in [2.75, 3.05) is 46.0 Å². The number of rotatable bonds is 12. The molecule has 0 aliphatic rings. The average Bonchev–Trinajstić information content (AvgIpc) is 2.95. The smallest absolute Gasteiger partial charge is 0.163 e. The molecule has 1 N–H and O–H groups in total. The third-order valence-corrected chi connectivity index (χ3v) is 6.10. The molecule has 0 saturated heterocycles. The summed E-state index contributed by atoms with van der Waals surface area (Å²) in [5, 5.41) is 5.50. The van der Waals surface area contributed by atoms with E-state index in [9.17, 15) is 0 Å². The Labute approximate surface area is 230 Å². The van der Waals surface area contributed by atoms with Crippen molar-refractivity contribution in [3.63, 3.8) is 0 Å². The van der Waals surface area contributed by atoms with Crippen molar-refractivity contribution in [1.29, 1.82) is 0 Å². The van der Waals surface area contributed by atoms with E-state index in [2.05, 4.69) is 20.3 Å². The van der Waals surface area contributed by atoms with Gasteiger partial charge in [-0.3, -0.25) is 4.98 Å². The first-order valence-electron chi connectivity index (χ1n) is 12.3. The molecular weight excluding hydrogens is 520 g/mol. The molecular formula is C29H27ClN4O5. The van der Waals surface area contributed by atoms with Crippen LogP contribution in [0.15, 0.2) is 73.2 Å². The van der Waals surface area contributed by atoms with E-state index in [0.29, 0.717) is 65.8 Å². The first-order valence-corrected chi connectivity index (χ1v) is 12.6. The van der Waals surface area contributed by atoms with Crippen molar-refractivity contribution in [3.05, 3.63) is 78.2 Å². The molecule has 2 heterocycles. The van der Waals surface area contributed by atoms with Gasteiger partial charge in [-0.1, -0.05) is 29.8 Å². The van der Waals surface area contributed by atoms with Gasteiger partial charge >= 0.3 is 0 Å². The lowest BCUT2D eigenvalue weighted by atomic mass is 10.2. The van der Waals surface area contributed by atoms with E-state index < -0.39 is 0 Å². The number of nitrogens with zero attached hydrogens (tertiary/aromatic N) is 3. The van der Waals surface area contributed by atoms with E-state index in [1.54, 1.807) is 32.5 Å². The quantitative estimate of drug-likeness (QED) is 0.178. The summed E-state index contributed by atoms with van der Waals surface area (Å²) in [5.41, 5.74) is 2.18. The summed E-state index contributed by atoms with van der Waals surface area (Å²) in [4.78, 5) is 13.3. The van der Waals surface area contributed by atoms with Gasteiger partial charge in [0.15, 0.2) is 17.2 Å². The van der Waals surface area contributed by atoms with Crippen molar-refractivity contribution in [2.24, 2.45) is 0 Å². The molecule has 0 bridgehead atoms. The Morgan fingerprint density at radius 2 is 1.51 bits per heavy atom. The zero-order valence-corrected chi connectivity index (χ0v) is 22.3. The summed E-state index contributed by atoms with van der Waals surface area (Å²) in [6.45, 7) is 1.63. The van der Waals surface area contributed by atoms with E-state index in [0.717, 1.165) is 22.0 Å². The number of hydrogen-bond acceptors (Lipinski definition) is 9. The molecule has 0 fully saturated rings. The fourth-order valence-corrected chi connectivity index (χ4v) is 4.15. The summed E-state index contributed by atoms with van der Waals surface area (Å²) in [7, 11) is 3.24. The third-order valence-electron chi connectivity index (χ3n) is 5.80. The summed E-state index contributed by atoms with van der Waals surface area (Å²) in [5.74, 6) is 2.84. The van der Waals surface area contributed by atoms with Crippen molar-refractivity contribution in [2.45, 2.75) is 0 Å². The van der Waals surface area contributed by atoms with Crippen LogP contribution in [0.3, 0.4) is 0 Å². The van der Waals surface area contributed by atoms with Crippen LogP contribution in [0.1, 0.15) is 0 Å². The highest BCUT2D eigenvalue weighted by molar-refractivity contribution is 6.32. The third kappa shape index (κ3) is 6.28. The molecule has 5 rings (SSSR count). The molecule has 200 valence electrons. The molecule has 39 heavy (non-hydrogen) atoms. The first kappa shape index (κ1) is 26.4. The lowest BCUT2D eigenvalue weighted by Gasteiger charge is -2.15. The predicted molar refractivity (Wildman–Crippen MR) is 151 cm³/mol. The fraction of sp³-hybridized carbons (Fsp3) is 0.207. The van der Waals surface area contributed by atoms with Crippen LogP contribution in [-0.4, -0.2) is 55.6 Å². The zero-order valence-electron chi connectivity index (χ0n) is 21.5. The summed E-state index contributed by atoms with van der Waals surface area (Å²) in [6, 6.07) is 18.8. The number of aromatic nitrogens is 3. The van der Waals surface area contributed by atoms with E-state index in [4.69, 9.17) is 35.3 Å². The van der Waals surface area contributed by atoms with E-state index in [1.165, 1.54) is 6.33 Å². The minimum absolute atomic E-state index is 0.363. The molecule has 0 atom stereocenters. The van der Waals surface area contributed by atoms with Gasteiger partial charge < -0.3 is 29.0 Å². The van der Waals surface area contributed by atoms with E-state index in [-0.39, 0.29) is 0 Å². The monoisotopic (exact) mass is 546 g/mol. The summed E-state index contributed by atoms with van der Waals surface area (Å²) >= 11 is 6.62. The number of benzene rings is 3. The van der Waals surface area contributed by atoms with Crippen LogP contribution in [0, 0.1) is 0 Å². The number of para-hydroxylation sites is 1. The molecule has 0 saturated carbocycles. The van der Waals surface area contributed by atoms with Crippen LogP contribution in [0.25, 0.3) is 21.8 Å². The topological polar surface area (TPSA) is 96.9 Å². The maximum atomic E-state index is 6.62. The van der Waals surface area contributed by atoms with Crippen LogP contribution in [0.2, 0.25) is 5.02 Å². The highest BCUT2D eigenvalue weighted by atomic mass is 35.5. The molecule has 3 aromatic carbocycles. The Morgan fingerprint density at radius 1 is 0.744 bits per heavy atom. The number of hydrogen-bond donors (Lipinski definition) is 1. The number of halogens is 1. The van der Waals surface area contributed by atoms with Crippen LogP contribution in [-0.2, 0) is 9.47 Å². The lowest BCUT2D eigenvalue weighted by Crippen LogP contribution is -2.09. The number of anilines is 2. The van der Waals surface area contributed by atoms with Gasteiger partial charge in [0.25, 0.3) is 0 Å². The maximum Gasteiger partial charge on any atom is 0.163 e. The number of nitrogens with one attached hydrogen (secondary N) is 1. The van der Waals surface area contributed by atoms with Gasteiger partial charge in [0.1, 0.15) is 36.6 Å². The highest BCUT2D eigenvalue weighted by Crippen LogP contribution is 2.37. The predicted octanol–water partition coefficient (Wildman–Crippen LogP) is 6.42. The molecule has 9 nitrogen and oxygen atoms in total. The number of fused-ring (bicyclic) bond motifs is 2. The second-order valence-corrected chi connectivity index (χ2v) is 8.83. The van der Waals surface area contributed by atoms with Crippen molar-refractivity contribution in [1.82, 2.24) is 15.0 Å². The van der Waals surface area contributed by atoms with Crippen LogP contribution in [0.4, 0.5) is 11.5 Å². The van der Waals surface area contributed by atoms with Gasteiger partial charge in [-0.2, -0.15) is 0 Å². The normalized spacial score (nSPS) is 11.1. The molecule has 0 radical (unpaired) electrons. The van der Waals surface area contributed by atoms with Crippen LogP contribution in [0.5, 0.6) is 23.0 Å². The highest BCUT2D eigenvalue weighted by Gasteiger charge is 2.14. The minimum Gasteiger partial charge on any atom is -0.487 e. The molecule has 0 unspecified atom stereocenters. The number of pyridine rings is 1. The fourth-order valence-electron chi connectivity index (χ4n) is 3.93. The van der Waals surface area contributed by atoms with Crippen molar-refractivity contribution < 1.29 is 23.7 Å². The summed E-state index contributed by atoms with van der Waals surface area (Å²) in [6.07, 6.45) is 3.22. The Bertz CT molecular complexity index is 1580. The molecule has 5 aromatic rings. The largest absolute Gasteiger partial charge is 0.487 e. The van der Waals surface area contributed by atoms with Gasteiger partial charge in [0.05, 0.1) is 23.8 Å². The number of ether oxygens (including phenoxy) is 5. The van der Waals surface area contributed by atoms with Gasteiger partial charge in [-0.25, -0.2) is 9.97 Å². The zero-order chi connectivity index (χ0) is 27.0. The number of methoxy groups -OCH3 is 2. The molecule has 0 amide bonds. The Kier molecular flexibility index (Phi) is 8.52. The maximum absolute atomic E-state index is 6.62. The van der Waals surface area contributed by atoms with Gasteiger partial charge in [-0.15, -0.1) is 0 Å². The Balaban J connectivity index is 1.40. The molecule has 10 heteroatoms. The van der Waals surface area contributed by atoms with E-state index in [1.807, 2.05) is 48.5 Å². The molecule has 0 spiro atoms. The molecule has 0 aliphatic heterocycles. The Morgan fingerprint density at radius 3 is 2.28 bits per heavy atom. The van der Waals surface area contributed by atoms with Crippen molar-refractivity contribution >= 4 is 44.9 Å².